The highest BCUT2D eigenvalue weighted by atomic mass is 19.1. The summed E-state index contributed by atoms with van der Waals surface area (Å²) >= 11 is 0. The molecule has 0 aliphatic heterocycles. The van der Waals surface area contributed by atoms with Gasteiger partial charge in [0.2, 0.25) is 0 Å². The van der Waals surface area contributed by atoms with E-state index >= 15 is 0 Å². The summed E-state index contributed by atoms with van der Waals surface area (Å²) in [5.74, 6) is 4.52. The average Bonchev–Trinajstić information content (AvgIpc) is 2.44. The van der Waals surface area contributed by atoms with Gasteiger partial charge in [-0.15, -0.1) is 0 Å². The third kappa shape index (κ3) is 4.16. The van der Waals surface area contributed by atoms with Crippen LogP contribution in [0.3, 0.4) is 0 Å². The molecule has 106 valence electrons. The molecule has 2 rings (SSSR count). The van der Waals surface area contributed by atoms with E-state index < -0.39 is 5.82 Å². The maximum atomic E-state index is 13.3. The van der Waals surface area contributed by atoms with Gasteiger partial charge in [0.15, 0.2) is 0 Å². The molecule has 0 saturated heterocycles. The molecule has 21 heavy (non-hydrogen) atoms. The van der Waals surface area contributed by atoms with Crippen molar-refractivity contribution in [1.29, 1.82) is 0 Å². The fourth-order valence-electron chi connectivity index (χ4n) is 1.89. The van der Waals surface area contributed by atoms with Gasteiger partial charge in [-0.05, 0) is 48.9 Å². The van der Waals surface area contributed by atoms with Crippen LogP contribution in [0, 0.1) is 24.6 Å². The normalized spacial score (nSPS) is 9.67. The van der Waals surface area contributed by atoms with Crippen LogP contribution in [0.15, 0.2) is 42.5 Å². The Balaban J connectivity index is 2.20. The van der Waals surface area contributed by atoms with E-state index in [-0.39, 0.29) is 12.5 Å². The van der Waals surface area contributed by atoms with Crippen molar-refractivity contribution in [1.82, 2.24) is 0 Å². The quantitative estimate of drug-likeness (QED) is 0.833. The Bertz CT molecular complexity index is 709. The summed E-state index contributed by atoms with van der Waals surface area (Å²) in [7, 11) is 0. The molecule has 0 unspecified atom stereocenters. The van der Waals surface area contributed by atoms with Gasteiger partial charge < -0.3 is 10.4 Å². The van der Waals surface area contributed by atoms with Crippen LogP contribution in [0.2, 0.25) is 0 Å². The minimum atomic E-state index is -0.395. The van der Waals surface area contributed by atoms with Crippen LogP contribution in [-0.2, 0) is 0 Å². The summed E-state index contributed by atoms with van der Waals surface area (Å²) in [6.07, 6.45) is 0. The van der Waals surface area contributed by atoms with Gasteiger partial charge >= 0.3 is 0 Å². The van der Waals surface area contributed by atoms with E-state index in [4.69, 9.17) is 5.11 Å². The molecule has 0 aromatic heterocycles. The molecule has 3 nitrogen and oxygen atoms in total. The number of aryl methyl sites for hydroxylation is 1. The van der Waals surface area contributed by atoms with E-state index in [2.05, 4.69) is 17.2 Å². The second-order valence-electron chi connectivity index (χ2n) is 4.51. The maximum absolute atomic E-state index is 13.3. The number of amides is 1. The molecule has 2 N–H and O–H groups in total. The van der Waals surface area contributed by atoms with Gasteiger partial charge in [-0.3, -0.25) is 4.79 Å². The summed E-state index contributed by atoms with van der Waals surface area (Å²) < 4.78 is 13.3. The topological polar surface area (TPSA) is 49.3 Å². The number of hydrogen-bond donors (Lipinski definition) is 2. The first-order valence-corrected chi connectivity index (χ1v) is 6.37. The van der Waals surface area contributed by atoms with Gasteiger partial charge in [0, 0.05) is 16.8 Å². The number of halogens is 1. The molecule has 0 radical (unpaired) electrons. The minimum Gasteiger partial charge on any atom is -0.384 e. The Kier molecular flexibility index (Phi) is 4.70. The Morgan fingerprint density at radius 3 is 2.81 bits per heavy atom. The predicted molar refractivity (Wildman–Crippen MR) is 79.5 cm³/mol. The van der Waals surface area contributed by atoms with Crippen molar-refractivity contribution in [2.45, 2.75) is 6.92 Å². The van der Waals surface area contributed by atoms with Crippen molar-refractivity contribution in [3.05, 3.63) is 65.0 Å². The van der Waals surface area contributed by atoms with Gasteiger partial charge in [-0.25, -0.2) is 4.39 Å². The molecular weight excluding hydrogens is 269 g/mol. The van der Waals surface area contributed by atoms with E-state index in [1.165, 1.54) is 12.1 Å². The summed E-state index contributed by atoms with van der Waals surface area (Å²) in [4.78, 5) is 12.1. The SMILES string of the molecule is Cc1cc(F)cc(NC(=O)c2cccc(C#CCO)c2)c1. The lowest BCUT2D eigenvalue weighted by Crippen LogP contribution is -2.12. The molecule has 0 bridgehead atoms. The molecule has 0 aliphatic carbocycles. The lowest BCUT2D eigenvalue weighted by atomic mass is 10.1. The number of carbonyl (C=O) groups excluding carboxylic acids is 1. The van der Waals surface area contributed by atoms with Gasteiger partial charge in [-0.1, -0.05) is 17.9 Å². The molecule has 2 aromatic rings. The Morgan fingerprint density at radius 2 is 2.10 bits per heavy atom. The zero-order valence-electron chi connectivity index (χ0n) is 11.5. The molecule has 0 spiro atoms. The van der Waals surface area contributed by atoms with Gasteiger partial charge in [0.1, 0.15) is 12.4 Å². The van der Waals surface area contributed by atoms with Crippen LogP contribution in [0.5, 0.6) is 0 Å². The first-order valence-electron chi connectivity index (χ1n) is 6.37. The summed E-state index contributed by atoms with van der Waals surface area (Å²) in [6.45, 7) is 1.52. The minimum absolute atomic E-state index is 0.237. The fraction of sp³-hybridized carbons (Fsp3) is 0.118. The number of anilines is 1. The van der Waals surface area contributed by atoms with Crippen LogP contribution >= 0.6 is 0 Å². The number of aliphatic hydroxyl groups is 1. The Labute approximate surface area is 122 Å². The van der Waals surface area contributed by atoms with Crippen molar-refractivity contribution in [2.75, 3.05) is 11.9 Å². The van der Waals surface area contributed by atoms with Crippen molar-refractivity contribution < 1.29 is 14.3 Å². The second kappa shape index (κ2) is 6.69. The largest absolute Gasteiger partial charge is 0.384 e. The zero-order chi connectivity index (χ0) is 15.2. The summed E-state index contributed by atoms with van der Waals surface area (Å²) in [5.41, 5.74) is 2.19. The van der Waals surface area contributed by atoms with Crippen molar-refractivity contribution in [3.8, 4) is 11.8 Å². The fourth-order valence-corrected chi connectivity index (χ4v) is 1.89. The number of rotatable bonds is 2. The molecule has 0 atom stereocenters. The van der Waals surface area contributed by atoms with Gasteiger partial charge in [-0.2, -0.15) is 0 Å². The lowest BCUT2D eigenvalue weighted by molar-refractivity contribution is 0.102. The molecule has 0 aliphatic rings. The molecule has 2 aromatic carbocycles. The van der Waals surface area contributed by atoms with Crippen LogP contribution in [0.4, 0.5) is 10.1 Å². The van der Waals surface area contributed by atoms with Gasteiger partial charge in [0.25, 0.3) is 5.91 Å². The van der Waals surface area contributed by atoms with E-state index in [0.29, 0.717) is 16.8 Å². The maximum Gasteiger partial charge on any atom is 0.255 e. The average molecular weight is 283 g/mol. The van der Waals surface area contributed by atoms with E-state index in [1.54, 1.807) is 37.3 Å². The number of nitrogens with one attached hydrogen (secondary N) is 1. The third-order valence-electron chi connectivity index (χ3n) is 2.74. The Morgan fingerprint density at radius 1 is 1.29 bits per heavy atom. The molecule has 0 fully saturated rings. The second-order valence-corrected chi connectivity index (χ2v) is 4.51. The van der Waals surface area contributed by atoms with Crippen molar-refractivity contribution in [2.24, 2.45) is 0 Å². The summed E-state index contributed by atoms with van der Waals surface area (Å²) in [5, 5.41) is 11.3. The molecule has 4 heteroatoms. The number of benzene rings is 2. The van der Waals surface area contributed by atoms with Crippen LogP contribution in [-0.4, -0.2) is 17.6 Å². The Hall–Kier alpha value is -2.64. The number of hydrogen-bond acceptors (Lipinski definition) is 2. The first-order chi connectivity index (χ1) is 10.1. The molecule has 0 heterocycles. The first kappa shape index (κ1) is 14.8. The highest BCUT2D eigenvalue weighted by Crippen LogP contribution is 2.15. The smallest absolute Gasteiger partial charge is 0.255 e. The van der Waals surface area contributed by atoms with Gasteiger partial charge in [0.05, 0.1) is 0 Å². The van der Waals surface area contributed by atoms with Crippen LogP contribution < -0.4 is 5.32 Å². The number of aliphatic hydroxyl groups excluding tert-OH is 1. The monoisotopic (exact) mass is 283 g/mol. The van der Waals surface area contributed by atoms with Crippen molar-refractivity contribution in [3.63, 3.8) is 0 Å². The standard InChI is InChI=1S/C17H14FNO2/c1-12-8-15(18)11-16(9-12)19-17(21)14-6-2-4-13(10-14)5-3-7-20/h2,4,6,8-11,20H,7H2,1H3,(H,19,21). The summed E-state index contributed by atoms with van der Waals surface area (Å²) in [6, 6.07) is 11.0. The highest BCUT2D eigenvalue weighted by Gasteiger charge is 2.07. The van der Waals surface area contributed by atoms with Crippen LogP contribution in [0.1, 0.15) is 21.5 Å². The highest BCUT2D eigenvalue weighted by molar-refractivity contribution is 6.04. The van der Waals surface area contributed by atoms with E-state index in [0.717, 1.165) is 5.56 Å². The third-order valence-corrected chi connectivity index (χ3v) is 2.74. The molecule has 0 saturated carbocycles. The predicted octanol–water partition coefficient (Wildman–Crippen LogP) is 2.73. The van der Waals surface area contributed by atoms with Crippen molar-refractivity contribution >= 4 is 11.6 Å². The van der Waals surface area contributed by atoms with Crippen LogP contribution in [0.25, 0.3) is 0 Å². The van der Waals surface area contributed by atoms with E-state index in [1.807, 2.05) is 0 Å². The molecular formula is C17H14FNO2. The zero-order valence-corrected chi connectivity index (χ0v) is 11.5. The lowest BCUT2D eigenvalue weighted by Gasteiger charge is -2.07. The van der Waals surface area contributed by atoms with E-state index in [9.17, 15) is 9.18 Å². The number of carbonyl (C=O) groups is 1. The molecule has 1 amide bonds.